The highest BCUT2D eigenvalue weighted by molar-refractivity contribution is 6.06. The lowest BCUT2D eigenvalue weighted by molar-refractivity contribution is -0.113. The van der Waals surface area contributed by atoms with E-state index >= 15 is 0 Å². The molecule has 0 spiro atoms. The number of fused-ring (bicyclic) bond motifs is 2. The standard InChI is InChI=1S/C27H24N6O4/c1-16-23(26(34)30-19-6-8-20(35-2)9-7-19)24(17-5-10-21-22(14-17)37-13-12-36-21)33-27(29-16)31-25(32-33)18-4-3-11-28-15-18/h3-11,14-15,24H,12-13H2,1-2H3,(H,30,34)(H,29,31,32). The number of aromatic nitrogens is 4. The molecule has 186 valence electrons. The van der Waals surface area contributed by atoms with E-state index in [4.69, 9.17) is 24.3 Å². The molecule has 2 N–H and O–H groups in total. The molecule has 2 aliphatic rings. The molecule has 0 saturated carbocycles. The number of rotatable bonds is 5. The minimum atomic E-state index is -0.566. The summed E-state index contributed by atoms with van der Waals surface area (Å²) in [5.74, 6) is 2.77. The summed E-state index contributed by atoms with van der Waals surface area (Å²) in [6.45, 7) is 2.81. The van der Waals surface area contributed by atoms with Gasteiger partial charge in [0.2, 0.25) is 5.95 Å². The highest BCUT2D eigenvalue weighted by atomic mass is 16.6. The second kappa shape index (κ2) is 9.30. The first-order chi connectivity index (χ1) is 18.1. The van der Waals surface area contributed by atoms with Gasteiger partial charge in [-0.05, 0) is 61.0 Å². The predicted molar refractivity (Wildman–Crippen MR) is 137 cm³/mol. The predicted octanol–water partition coefficient (Wildman–Crippen LogP) is 4.05. The molecule has 2 aromatic carbocycles. The van der Waals surface area contributed by atoms with Gasteiger partial charge >= 0.3 is 0 Å². The molecule has 2 aliphatic heterocycles. The fourth-order valence-electron chi connectivity index (χ4n) is 4.47. The summed E-state index contributed by atoms with van der Waals surface area (Å²) < 4.78 is 18.5. The van der Waals surface area contributed by atoms with Crippen LogP contribution in [0, 0.1) is 0 Å². The van der Waals surface area contributed by atoms with E-state index < -0.39 is 6.04 Å². The zero-order valence-electron chi connectivity index (χ0n) is 20.3. The van der Waals surface area contributed by atoms with Crippen LogP contribution in [0.2, 0.25) is 0 Å². The van der Waals surface area contributed by atoms with E-state index in [0.717, 1.165) is 11.1 Å². The van der Waals surface area contributed by atoms with Crippen molar-refractivity contribution < 1.29 is 19.0 Å². The number of nitrogens with zero attached hydrogens (tertiary/aromatic N) is 4. The van der Waals surface area contributed by atoms with E-state index in [9.17, 15) is 4.79 Å². The number of ether oxygens (including phenoxy) is 3. The number of carbonyl (C=O) groups is 1. The Labute approximate surface area is 212 Å². The molecular weight excluding hydrogens is 472 g/mol. The maximum Gasteiger partial charge on any atom is 0.255 e. The van der Waals surface area contributed by atoms with Crippen LogP contribution >= 0.6 is 0 Å². The van der Waals surface area contributed by atoms with Crippen molar-refractivity contribution in [2.24, 2.45) is 0 Å². The van der Waals surface area contributed by atoms with Crippen LogP contribution in [0.25, 0.3) is 11.4 Å². The van der Waals surface area contributed by atoms with Gasteiger partial charge in [0.15, 0.2) is 17.3 Å². The summed E-state index contributed by atoms with van der Waals surface area (Å²) in [5.41, 5.74) is 3.40. The molecule has 37 heavy (non-hydrogen) atoms. The lowest BCUT2D eigenvalue weighted by Gasteiger charge is -2.29. The van der Waals surface area contributed by atoms with Crippen LogP contribution in [0.3, 0.4) is 0 Å². The van der Waals surface area contributed by atoms with Gasteiger partial charge in [-0.15, -0.1) is 5.10 Å². The summed E-state index contributed by atoms with van der Waals surface area (Å²) in [5, 5.41) is 11.1. The second-order valence-electron chi connectivity index (χ2n) is 8.60. The zero-order chi connectivity index (χ0) is 25.4. The number of pyridine rings is 1. The Morgan fingerprint density at radius 1 is 1.11 bits per heavy atom. The van der Waals surface area contributed by atoms with Crippen molar-refractivity contribution in [1.29, 1.82) is 0 Å². The summed E-state index contributed by atoms with van der Waals surface area (Å²) >= 11 is 0. The maximum absolute atomic E-state index is 13.7. The van der Waals surface area contributed by atoms with Gasteiger partial charge in [0.05, 0.1) is 12.7 Å². The third kappa shape index (κ3) is 4.22. The summed E-state index contributed by atoms with van der Waals surface area (Å²) in [6.07, 6.45) is 3.40. The third-order valence-electron chi connectivity index (χ3n) is 6.25. The van der Waals surface area contributed by atoms with Crippen molar-refractivity contribution in [3.05, 3.63) is 83.8 Å². The van der Waals surface area contributed by atoms with Crippen molar-refractivity contribution >= 4 is 17.5 Å². The molecule has 0 aliphatic carbocycles. The largest absolute Gasteiger partial charge is 0.497 e. The summed E-state index contributed by atoms with van der Waals surface area (Å²) in [6, 6.07) is 16.0. The maximum atomic E-state index is 13.7. The summed E-state index contributed by atoms with van der Waals surface area (Å²) in [4.78, 5) is 22.6. The smallest absolute Gasteiger partial charge is 0.255 e. The molecule has 1 amide bonds. The molecular formula is C27H24N6O4. The minimum Gasteiger partial charge on any atom is -0.497 e. The van der Waals surface area contributed by atoms with Crippen molar-refractivity contribution in [2.75, 3.05) is 31.0 Å². The molecule has 1 unspecified atom stereocenters. The number of nitrogens with one attached hydrogen (secondary N) is 2. The Balaban J connectivity index is 1.43. The fourth-order valence-corrected chi connectivity index (χ4v) is 4.47. The normalized spacial score (nSPS) is 16.0. The lowest BCUT2D eigenvalue weighted by Crippen LogP contribution is -2.31. The van der Waals surface area contributed by atoms with Gasteiger partial charge in [-0.1, -0.05) is 6.07 Å². The Hall–Kier alpha value is -4.86. The van der Waals surface area contributed by atoms with Crippen LogP contribution in [-0.4, -0.2) is 46.0 Å². The van der Waals surface area contributed by atoms with Gasteiger partial charge in [0.1, 0.15) is 25.0 Å². The first kappa shape index (κ1) is 22.6. The Morgan fingerprint density at radius 3 is 2.68 bits per heavy atom. The molecule has 1 atom stereocenters. The first-order valence-electron chi connectivity index (χ1n) is 11.8. The van der Waals surface area contributed by atoms with Crippen molar-refractivity contribution in [1.82, 2.24) is 19.7 Å². The van der Waals surface area contributed by atoms with Crippen LogP contribution in [0.4, 0.5) is 11.6 Å². The molecule has 0 bridgehead atoms. The van der Waals surface area contributed by atoms with Gasteiger partial charge in [0, 0.05) is 29.3 Å². The van der Waals surface area contributed by atoms with Gasteiger partial charge in [-0.3, -0.25) is 9.78 Å². The molecule has 6 rings (SSSR count). The van der Waals surface area contributed by atoms with Crippen LogP contribution in [-0.2, 0) is 4.79 Å². The molecule has 0 radical (unpaired) electrons. The topological polar surface area (TPSA) is 112 Å². The highest BCUT2D eigenvalue weighted by Crippen LogP contribution is 2.40. The fraction of sp³-hybridized carbons (Fsp3) is 0.185. The molecule has 4 heterocycles. The quantitative estimate of drug-likeness (QED) is 0.426. The number of benzene rings is 2. The van der Waals surface area contributed by atoms with E-state index in [1.807, 2.05) is 37.3 Å². The van der Waals surface area contributed by atoms with Gasteiger partial charge < -0.3 is 24.8 Å². The molecule has 2 aromatic heterocycles. The number of anilines is 2. The SMILES string of the molecule is COc1ccc(NC(=O)C2=C(C)Nc3nc(-c4cccnc4)nn3C2c2ccc3c(c2)OCCO3)cc1. The number of methoxy groups -OCH3 is 1. The van der Waals surface area contributed by atoms with Crippen LogP contribution < -0.4 is 24.8 Å². The van der Waals surface area contributed by atoms with E-state index in [1.54, 1.807) is 48.5 Å². The van der Waals surface area contributed by atoms with Crippen molar-refractivity contribution in [3.63, 3.8) is 0 Å². The molecule has 0 saturated heterocycles. The average Bonchev–Trinajstić information content (AvgIpc) is 3.36. The number of amides is 1. The average molecular weight is 497 g/mol. The van der Waals surface area contributed by atoms with Crippen molar-refractivity contribution in [3.8, 4) is 28.6 Å². The van der Waals surface area contributed by atoms with Crippen molar-refractivity contribution in [2.45, 2.75) is 13.0 Å². The van der Waals surface area contributed by atoms with Crippen LogP contribution in [0.1, 0.15) is 18.5 Å². The number of allylic oxidation sites excluding steroid dienone is 1. The summed E-state index contributed by atoms with van der Waals surface area (Å²) in [7, 11) is 1.60. The number of carbonyl (C=O) groups excluding carboxylic acids is 1. The van der Waals surface area contributed by atoms with E-state index in [2.05, 4.69) is 15.6 Å². The first-order valence-corrected chi connectivity index (χ1v) is 11.8. The Kier molecular flexibility index (Phi) is 5.68. The monoisotopic (exact) mass is 496 g/mol. The number of hydrogen-bond donors (Lipinski definition) is 2. The number of hydrogen-bond acceptors (Lipinski definition) is 8. The second-order valence-corrected chi connectivity index (χ2v) is 8.60. The molecule has 4 aromatic rings. The molecule has 10 nitrogen and oxygen atoms in total. The minimum absolute atomic E-state index is 0.265. The van der Waals surface area contributed by atoms with Gasteiger partial charge in [-0.25, -0.2) is 4.68 Å². The third-order valence-corrected chi connectivity index (χ3v) is 6.25. The molecule has 0 fully saturated rings. The van der Waals surface area contributed by atoms with Crippen LogP contribution in [0.15, 0.2) is 78.3 Å². The Morgan fingerprint density at radius 2 is 1.92 bits per heavy atom. The van der Waals surface area contributed by atoms with Gasteiger partial charge in [-0.2, -0.15) is 4.98 Å². The van der Waals surface area contributed by atoms with E-state index in [1.165, 1.54) is 0 Å². The lowest BCUT2D eigenvalue weighted by atomic mass is 9.94. The van der Waals surface area contributed by atoms with Crippen LogP contribution in [0.5, 0.6) is 17.2 Å². The molecule has 10 heteroatoms. The Bertz CT molecular complexity index is 1500. The van der Waals surface area contributed by atoms with Gasteiger partial charge in [0.25, 0.3) is 5.91 Å². The van der Waals surface area contributed by atoms with E-state index in [-0.39, 0.29) is 5.91 Å². The highest BCUT2D eigenvalue weighted by Gasteiger charge is 2.35. The zero-order valence-corrected chi connectivity index (χ0v) is 20.3. The van der Waals surface area contributed by atoms with E-state index in [0.29, 0.717) is 59.2 Å².